The molecule has 4 heteroatoms. The fourth-order valence-electron chi connectivity index (χ4n) is 1.63. The lowest BCUT2D eigenvalue weighted by molar-refractivity contribution is -0.0440. The average molecular weight is 243 g/mol. The van der Waals surface area contributed by atoms with Crippen molar-refractivity contribution in [1.82, 2.24) is 0 Å². The van der Waals surface area contributed by atoms with Crippen LogP contribution in [0.15, 0.2) is 18.2 Å². The van der Waals surface area contributed by atoms with E-state index in [9.17, 15) is 4.39 Å². The molecule has 2 nitrogen and oxygen atoms in total. The van der Waals surface area contributed by atoms with Crippen LogP contribution in [0.1, 0.15) is 24.3 Å². The van der Waals surface area contributed by atoms with Crippen molar-refractivity contribution in [2.24, 2.45) is 0 Å². The first-order valence-corrected chi connectivity index (χ1v) is 5.45. The van der Waals surface area contributed by atoms with Crippen molar-refractivity contribution in [3.63, 3.8) is 0 Å². The first kappa shape index (κ1) is 11.6. The predicted molar refractivity (Wildman–Crippen MR) is 60.8 cm³/mol. The van der Waals surface area contributed by atoms with Crippen molar-refractivity contribution >= 4 is 17.7 Å². The lowest BCUT2D eigenvalue weighted by Gasteiger charge is -2.13. The molecule has 0 spiro atoms. The van der Waals surface area contributed by atoms with Crippen molar-refractivity contribution < 1.29 is 13.9 Å². The Bertz CT molecular complexity index is 412. The summed E-state index contributed by atoms with van der Waals surface area (Å²) in [5.74, 6) is -0.343. The zero-order valence-electron chi connectivity index (χ0n) is 8.87. The second-order valence-electron chi connectivity index (χ2n) is 3.44. The number of allylic oxidation sites excluding steroid dienone is 1. The van der Waals surface area contributed by atoms with Gasteiger partial charge in [0, 0.05) is 11.1 Å². The number of hydrogen-bond donors (Lipinski definition) is 0. The van der Waals surface area contributed by atoms with Gasteiger partial charge in [-0.2, -0.15) is 0 Å². The maximum atomic E-state index is 13.5. The molecule has 0 saturated carbocycles. The summed E-state index contributed by atoms with van der Waals surface area (Å²) >= 11 is 6.12. The molecule has 1 saturated heterocycles. The van der Waals surface area contributed by atoms with Crippen LogP contribution in [-0.2, 0) is 9.47 Å². The highest BCUT2D eigenvalue weighted by atomic mass is 35.5. The van der Waals surface area contributed by atoms with Gasteiger partial charge in [-0.05, 0) is 19.1 Å². The quantitative estimate of drug-likeness (QED) is 0.790. The van der Waals surface area contributed by atoms with Gasteiger partial charge in [0.25, 0.3) is 0 Å². The van der Waals surface area contributed by atoms with Crippen LogP contribution >= 0.6 is 11.6 Å². The van der Waals surface area contributed by atoms with Gasteiger partial charge in [0.15, 0.2) is 6.29 Å². The smallest absolute Gasteiger partial charge is 0.185 e. The SMILES string of the molecule is C/C=C/c1c(F)ccc(C2OCCO2)c1Cl. The number of rotatable bonds is 2. The van der Waals surface area contributed by atoms with Crippen LogP contribution in [0.4, 0.5) is 4.39 Å². The molecule has 16 heavy (non-hydrogen) atoms. The summed E-state index contributed by atoms with van der Waals surface area (Å²) in [6.45, 7) is 2.89. The minimum Gasteiger partial charge on any atom is -0.346 e. The topological polar surface area (TPSA) is 18.5 Å². The molecular formula is C12H12ClFO2. The lowest BCUT2D eigenvalue weighted by atomic mass is 10.1. The van der Waals surface area contributed by atoms with Gasteiger partial charge < -0.3 is 9.47 Å². The molecular weight excluding hydrogens is 231 g/mol. The second kappa shape index (κ2) is 4.95. The number of hydrogen-bond acceptors (Lipinski definition) is 2. The monoisotopic (exact) mass is 242 g/mol. The minimum atomic E-state index is -0.475. The summed E-state index contributed by atoms with van der Waals surface area (Å²) in [5, 5.41) is 0.352. The summed E-state index contributed by atoms with van der Waals surface area (Å²) in [7, 11) is 0. The Balaban J connectivity index is 2.42. The molecule has 0 N–H and O–H groups in total. The fourth-order valence-corrected chi connectivity index (χ4v) is 1.93. The molecule has 0 aliphatic carbocycles. The molecule has 86 valence electrons. The van der Waals surface area contributed by atoms with E-state index >= 15 is 0 Å². The molecule has 2 rings (SSSR count). The highest BCUT2D eigenvalue weighted by molar-refractivity contribution is 6.32. The van der Waals surface area contributed by atoms with Crippen molar-refractivity contribution in [1.29, 1.82) is 0 Å². The van der Waals surface area contributed by atoms with E-state index < -0.39 is 6.29 Å². The predicted octanol–water partition coefficient (Wildman–Crippen LogP) is 3.56. The molecule has 0 atom stereocenters. The summed E-state index contributed by atoms with van der Waals surface area (Å²) < 4.78 is 24.2. The maximum Gasteiger partial charge on any atom is 0.185 e. The molecule has 1 aromatic rings. The number of ether oxygens (including phenoxy) is 2. The molecule has 1 heterocycles. The highest BCUT2D eigenvalue weighted by Gasteiger charge is 2.22. The van der Waals surface area contributed by atoms with E-state index in [1.807, 2.05) is 6.92 Å². The van der Waals surface area contributed by atoms with Crippen LogP contribution in [0, 0.1) is 5.82 Å². The Hall–Kier alpha value is -0.900. The second-order valence-corrected chi connectivity index (χ2v) is 3.82. The number of halogens is 2. The van der Waals surface area contributed by atoms with E-state index in [2.05, 4.69) is 0 Å². The van der Waals surface area contributed by atoms with E-state index in [-0.39, 0.29) is 5.82 Å². The third-order valence-electron chi connectivity index (χ3n) is 2.37. The molecule has 1 aliphatic heterocycles. The molecule has 0 bridgehead atoms. The minimum absolute atomic E-state index is 0.343. The standard InChI is InChI=1S/C12H12ClFO2/c1-2-3-8-10(14)5-4-9(11(8)13)12-15-6-7-16-12/h2-5,12H,6-7H2,1H3/b3-2+. The Labute approximate surface area is 98.6 Å². The first-order valence-electron chi connectivity index (χ1n) is 5.08. The van der Waals surface area contributed by atoms with Gasteiger partial charge in [0.1, 0.15) is 5.82 Å². The zero-order valence-corrected chi connectivity index (χ0v) is 9.63. The molecule has 1 aromatic carbocycles. The fraction of sp³-hybridized carbons (Fsp3) is 0.333. The molecule has 0 radical (unpaired) electrons. The van der Waals surface area contributed by atoms with E-state index in [1.54, 1.807) is 18.2 Å². The van der Waals surface area contributed by atoms with Gasteiger partial charge in [-0.3, -0.25) is 0 Å². The van der Waals surface area contributed by atoms with Crippen LogP contribution < -0.4 is 0 Å². The molecule has 0 unspecified atom stereocenters. The van der Waals surface area contributed by atoms with Crippen LogP contribution in [0.5, 0.6) is 0 Å². The summed E-state index contributed by atoms with van der Waals surface area (Å²) in [5.41, 5.74) is 1.05. The third kappa shape index (κ3) is 2.12. The molecule has 1 aliphatic rings. The van der Waals surface area contributed by atoms with E-state index in [0.29, 0.717) is 29.4 Å². The lowest BCUT2D eigenvalue weighted by Crippen LogP contribution is -2.01. The Kier molecular flexibility index (Phi) is 3.59. The molecule has 1 fully saturated rings. The summed E-state index contributed by atoms with van der Waals surface area (Å²) in [6.07, 6.45) is 2.90. The summed E-state index contributed by atoms with van der Waals surface area (Å²) in [4.78, 5) is 0. The average Bonchev–Trinajstić information content (AvgIpc) is 2.77. The van der Waals surface area contributed by atoms with Gasteiger partial charge in [0.2, 0.25) is 0 Å². The Morgan fingerprint density at radius 1 is 1.38 bits per heavy atom. The maximum absolute atomic E-state index is 13.5. The van der Waals surface area contributed by atoms with Crippen LogP contribution in [0.3, 0.4) is 0 Å². The van der Waals surface area contributed by atoms with Crippen LogP contribution in [0.2, 0.25) is 5.02 Å². The summed E-state index contributed by atoms with van der Waals surface area (Å²) in [6, 6.07) is 2.97. The van der Waals surface area contributed by atoms with Crippen molar-refractivity contribution in [2.75, 3.05) is 13.2 Å². The van der Waals surface area contributed by atoms with E-state index in [4.69, 9.17) is 21.1 Å². The van der Waals surface area contributed by atoms with Crippen molar-refractivity contribution in [3.8, 4) is 0 Å². The van der Waals surface area contributed by atoms with Crippen molar-refractivity contribution in [3.05, 3.63) is 40.2 Å². The van der Waals surface area contributed by atoms with Crippen molar-refractivity contribution in [2.45, 2.75) is 13.2 Å². The van der Waals surface area contributed by atoms with Gasteiger partial charge in [-0.25, -0.2) is 4.39 Å². The largest absolute Gasteiger partial charge is 0.346 e. The van der Waals surface area contributed by atoms with Gasteiger partial charge >= 0.3 is 0 Å². The molecule has 0 amide bonds. The van der Waals surface area contributed by atoms with Crippen LogP contribution in [0.25, 0.3) is 6.08 Å². The Morgan fingerprint density at radius 3 is 2.69 bits per heavy atom. The molecule has 0 aromatic heterocycles. The normalized spacial score (nSPS) is 17.4. The first-order chi connectivity index (χ1) is 7.74. The highest BCUT2D eigenvalue weighted by Crippen LogP contribution is 2.33. The zero-order chi connectivity index (χ0) is 11.5. The van der Waals surface area contributed by atoms with Gasteiger partial charge in [0.05, 0.1) is 18.2 Å². The van der Waals surface area contributed by atoms with E-state index in [0.717, 1.165) is 0 Å². The van der Waals surface area contributed by atoms with Gasteiger partial charge in [-0.1, -0.05) is 23.8 Å². The van der Waals surface area contributed by atoms with Gasteiger partial charge in [-0.15, -0.1) is 0 Å². The van der Waals surface area contributed by atoms with E-state index in [1.165, 1.54) is 6.07 Å². The van der Waals surface area contributed by atoms with Crippen LogP contribution in [-0.4, -0.2) is 13.2 Å². The number of benzene rings is 1. The Morgan fingerprint density at radius 2 is 2.06 bits per heavy atom. The third-order valence-corrected chi connectivity index (χ3v) is 2.79.